The van der Waals surface area contributed by atoms with Crippen molar-refractivity contribution in [3.05, 3.63) is 29.3 Å². The van der Waals surface area contributed by atoms with Gasteiger partial charge in [-0.05, 0) is 37.1 Å². The first kappa shape index (κ1) is 14.0. The minimum atomic E-state index is -3.46. The lowest BCUT2D eigenvalue weighted by molar-refractivity contribution is 0.577. The molecule has 0 atom stereocenters. The molecule has 0 amide bonds. The molecule has 0 bridgehead atoms. The fourth-order valence-corrected chi connectivity index (χ4v) is 2.43. The van der Waals surface area contributed by atoms with Crippen LogP contribution in [0.15, 0.2) is 29.2 Å². The Hall–Kier alpha value is -1.09. The van der Waals surface area contributed by atoms with Gasteiger partial charge in [0.15, 0.2) is 0 Å². The van der Waals surface area contributed by atoms with Gasteiger partial charge >= 0.3 is 0 Å². The lowest BCUT2D eigenvalue weighted by Crippen LogP contribution is -2.24. The van der Waals surface area contributed by atoms with Crippen LogP contribution in [0.5, 0.6) is 0 Å². The van der Waals surface area contributed by atoms with Gasteiger partial charge in [-0.25, -0.2) is 13.1 Å². The zero-order valence-electron chi connectivity index (χ0n) is 9.19. The number of benzene rings is 1. The fourth-order valence-electron chi connectivity index (χ4n) is 1.23. The lowest BCUT2D eigenvalue weighted by atomic mass is 10.2. The molecule has 17 heavy (non-hydrogen) atoms. The van der Waals surface area contributed by atoms with Crippen LogP contribution < -0.4 is 4.72 Å². The molecule has 0 saturated carbocycles. The van der Waals surface area contributed by atoms with E-state index in [4.69, 9.17) is 16.9 Å². The first-order chi connectivity index (χ1) is 8.06. The van der Waals surface area contributed by atoms with Crippen molar-refractivity contribution in [2.24, 2.45) is 0 Å². The van der Waals surface area contributed by atoms with Crippen molar-refractivity contribution in [3.63, 3.8) is 0 Å². The van der Waals surface area contributed by atoms with Crippen molar-refractivity contribution >= 4 is 21.6 Å². The van der Waals surface area contributed by atoms with Crippen LogP contribution in [0.1, 0.15) is 19.3 Å². The number of nitrogens with one attached hydrogen (secondary N) is 1. The van der Waals surface area contributed by atoms with Gasteiger partial charge in [0.25, 0.3) is 0 Å². The van der Waals surface area contributed by atoms with Crippen LogP contribution in [0.3, 0.4) is 0 Å². The summed E-state index contributed by atoms with van der Waals surface area (Å²) in [5.41, 5.74) is 0. The van der Waals surface area contributed by atoms with E-state index in [1.165, 1.54) is 24.3 Å². The minimum Gasteiger partial charge on any atom is -0.211 e. The van der Waals surface area contributed by atoms with Crippen LogP contribution >= 0.6 is 11.6 Å². The molecule has 1 N–H and O–H groups in total. The third-order valence-corrected chi connectivity index (χ3v) is 3.86. The summed E-state index contributed by atoms with van der Waals surface area (Å²) >= 11 is 5.68. The maximum Gasteiger partial charge on any atom is 0.240 e. The molecular weight excluding hydrogens is 260 g/mol. The molecule has 0 aliphatic carbocycles. The normalized spacial score (nSPS) is 11.1. The van der Waals surface area contributed by atoms with E-state index in [9.17, 15) is 8.42 Å². The van der Waals surface area contributed by atoms with Crippen LogP contribution in [-0.4, -0.2) is 15.0 Å². The second-order valence-corrected chi connectivity index (χ2v) is 5.67. The van der Waals surface area contributed by atoms with Crippen LogP contribution in [0.4, 0.5) is 0 Å². The van der Waals surface area contributed by atoms with Gasteiger partial charge in [0, 0.05) is 18.0 Å². The van der Waals surface area contributed by atoms with Crippen molar-refractivity contribution in [2.75, 3.05) is 6.54 Å². The van der Waals surface area contributed by atoms with Gasteiger partial charge in [-0.2, -0.15) is 5.26 Å². The summed E-state index contributed by atoms with van der Waals surface area (Å²) in [6.45, 7) is 0.340. The number of rotatable bonds is 6. The van der Waals surface area contributed by atoms with Crippen LogP contribution in [0, 0.1) is 11.3 Å². The molecule has 4 nitrogen and oxygen atoms in total. The Bertz CT molecular complexity index is 491. The average Bonchev–Trinajstić information content (AvgIpc) is 2.29. The molecule has 92 valence electrons. The van der Waals surface area contributed by atoms with E-state index in [1.807, 2.05) is 6.07 Å². The molecule has 1 aromatic rings. The molecule has 0 aliphatic heterocycles. The summed E-state index contributed by atoms with van der Waals surface area (Å²) in [7, 11) is -3.46. The van der Waals surface area contributed by atoms with E-state index in [0.29, 0.717) is 30.8 Å². The molecule has 0 radical (unpaired) electrons. The Morgan fingerprint density at radius 3 is 2.47 bits per heavy atom. The Balaban J connectivity index is 2.52. The summed E-state index contributed by atoms with van der Waals surface area (Å²) < 4.78 is 26.0. The predicted molar refractivity (Wildman–Crippen MR) is 66.1 cm³/mol. The molecule has 0 heterocycles. The topological polar surface area (TPSA) is 70.0 Å². The maximum absolute atomic E-state index is 11.8. The van der Waals surface area contributed by atoms with Gasteiger partial charge in [0.2, 0.25) is 10.0 Å². The number of nitrogens with zero attached hydrogens (tertiary/aromatic N) is 1. The zero-order valence-corrected chi connectivity index (χ0v) is 10.8. The van der Waals surface area contributed by atoms with Crippen molar-refractivity contribution < 1.29 is 8.42 Å². The summed E-state index contributed by atoms with van der Waals surface area (Å²) in [6.07, 6.45) is 1.79. The van der Waals surface area contributed by atoms with Gasteiger partial charge in [-0.1, -0.05) is 11.6 Å². The number of nitriles is 1. The Morgan fingerprint density at radius 2 is 1.88 bits per heavy atom. The largest absolute Gasteiger partial charge is 0.240 e. The molecule has 0 saturated heterocycles. The van der Waals surface area contributed by atoms with Gasteiger partial charge in [-0.3, -0.25) is 0 Å². The number of hydrogen-bond acceptors (Lipinski definition) is 3. The highest BCUT2D eigenvalue weighted by molar-refractivity contribution is 7.89. The second kappa shape index (κ2) is 6.60. The van der Waals surface area contributed by atoms with E-state index in [-0.39, 0.29) is 4.90 Å². The van der Waals surface area contributed by atoms with Gasteiger partial charge < -0.3 is 0 Å². The first-order valence-corrected chi connectivity index (χ1v) is 7.04. The van der Waals surface area contributed by atoms with Crippen molar-refractivity contribution in [2.45, 2.75) is 24.2 Å². The summed E-state index contributed by atoms with van der Waals surface area (Å²) in [5.74, 6) is 0. The molecule has 1 aromatic carbocycles. The molecule has 0 unspecified atom stereocenters. The molecule has 0 fully saturated rings. The SMILES string of the molecule is N#CCCCCNS(=O)(=O)c1ccc(Cl)cc1. The molecule has 0 aliphatic rings. The van der Waals surface area contributed by atoms with Gasteiger partial charge in [0.05, 0.1) is 11.0 Å². The molecular formula is C11H13ClN2O2S. The Kier molecular flexibility index (Phi) is 5.42. The smallest absolute Gasteiger partial charge is 0.211 e. The standard InChI is InChI=1S/C11H13ClN2O2S/c12-10-4-6-11(7-5-10)17(15,16)14-9-3-1-2-8-13/h4-7,14H,1-3,9H2. The molecule has 6 heteroatoms. The van der Waals surface area contributed by atoms with E-state index in [2.05, 4.69) is 4.72 Å². The van der Waals surface area contributed by atoms with Crippen LogP contribution in [-0.2, 0) is 10.0 Å². The third kappa shape index (κ3) is 4.73. The van der Waals surface area contributed by atoms with E-state index < -0.39 is 10.0 Å². The number of sulfonamides is 1. The second-order valence-electron chi connectivity index (χ2n) is 3.47. The van der Waals surface area contributed by atoms with Gasteiger partial charge in [-0.15, -0.1) is 0 Å². The maximum atomic E-state index is 11.8. The molecule has 0 spiro atoms. The quantitative estimate of drug-likeness (QED) is 0.808. The minimum absolute atomic E-state index is 0.196. The van der Waals surface area contributed by atoms with Crippen molar-refractivity contribution in [3.8, 4) is 6.07 Å². The molecule has 1 rings (SSSR count). The highest BCUT2D eigenvalue weighted by atomic mass is 35.5. The highest BCUT2D eigenvalue weighted by Crippen LogP contribution is 2.13. The number of unbranched alkanes of at least 4 members (excludes halogenated alkanes) is 2. The summed E-state index contributed by atoms with van der Waals surface area (Å²) in [5, 5.41) is 8.83. The Labute approximate surface area is 106 Å². The first-order valence-electron chi connectivity index (χ1n) is 5.18. The number of hydrogen-bond donors (Lipinski definition) is 1. The monoisotopic (exact) mass is 272 g/mol. The van der Waals surface area contributed by atoms with Crippen LogP contribution in [0.25, 0.3) is 0 Å². The van der Waals surface area contributed by atoms with Crippen LogP contribution in [0.2, 0.25) is 5.02 Å². The predicted octanol–water partition coefficient (Wildman–Crippen LogP) is 2.31. The van der Waals surface area contributed by atoms with E-state index in [1.54, 1.807) is 0 Å². The molecule has 0 aromatic heterocycles. The summed E-state index contributed by atoms with van der Waals surface area (Å²) in [6, 6.07) is 7.99. The number of halogens is 1. The Morgan fingerprint density at radius 1 is 1.24 bits per heavy atom. The van der Waals surface area contributed by atoms with E-state index >= 15 is 0 Å². The lowest BCUT2D eigenvalue weighted by Gasteiger charge is -2.05. The highest BCUT2D eigenvalue weighted by Gasteiger charge is 2.12. The zero-order chi connectivity index (χ0) is 12.7. The summed E-state index contributed by atoms with van der Waals surface area (Å²) in [4.78, 5) is 0.196. The van der Waals surface area contributed by atoms with Crippen molar-refractivity contribution in [1.82, 2.24) is 4.72 Å². The fraction of sp³-hybridized carbons (Fsp3) is 0.364. The van der Waals surface area contributed by atoms with E-state index in [0.717, 1.165) is 0 Å². The van der Waals surface area contributed by atoms with Crippen molar-refractivity contribution in [1.29, 1.82) is 5.26 Å². The third-order valence-electron chi connectivity index (χ3n) is 2.13. The van der Waals surface area contributed by atoms with Gasteiger partial charge in [0.1, 0.15) is 0 Å². The average molecular weight is 273 g/mol.